The quantitative estimate of drug-likeness (QED) is 0.785. The molecule has 0 saturated carbocycles. The largest absolute Gasteiger partial charge is 0.493 e. The number of aromatic nitrogens is 1. The molecule has 2 fully saturated rings. The zero-order valence-corrected chi connectivity index (χ0v) is 17.2. The molecule has 2 atom stereocenters. The smallest absolute Gasteiger partial charge is 0.231 e. The lowest BCUT2D eigenvalue weighted by atomic mass is 10.1. The molecule has 0 amide bonds. The van der Waals surface area contributed by atoms with E-state index in [-0.39, 0.29) is 18.9 Å². The van der Waals surface area contributed by atoms with E-state index < -0.39 is 0 Å². The molecule has 160 valence electrons. The van der Waals surface area contributed by atoms with Crippen molar-refractivity contribution >= 4 is 5.82 Å². The zero-order valence-electron chi connectivity index (χ0n) is 17.2. The molecule has 2 aromatic rings. The van der Waals surface area contributed by atoms with Crippen LogP contribution in [0.4, 0.5) is 5.82 Å². The molecule has 8 heteroatoms. The van der Waals surface area contributed by atoms with Gasteiger partial charge in [0, 0.05) is 58.1 Å². The monoisotopic (exact) mass is 412 g/mol. The summed E-state index contributed by atoms with van der Waals surface area (Å²) in [6, 6.07) is 10.2. The second kappa shape index (κ2) is 8.29. The number of β-amino-alcohol motifs (C(OH)–C–C–N with tert-alkyl or cyclic N) is 1. The predicted octanol–water partition coefficient (Wildman–Crippen LogP) is 1.19. The Kier molecular flexibility index (Phi) is 5.37. The van der Waals surface area contributed by atoms with Crippen molar-refractivity contribution in [2.75, 3.05) is 58.1 Å². The summed E-state index contributed by atoms with van der Waals surface area (Å²) in [5.41, 5.74) is 1.10. The van der Waals surface area contributed by atoms with E-state index in [9.17, 15) is 5.11 Å². The number of pyridine rings is 1. The SMILES string of the molecule is COc1cc(CN2C[C@H](O)[C@@H](N3CCN(c4ccccn4)CC3)C2)cc2c1OCO2. The summed E-state index contributed by atoms with van der Waals surface area (Å²) in [7, 11) is 1.64. The van der Waals surface area contributed by atoms with Crippen molar-refractivity contribution in [1.29, 1.82) is 0 Å². The fraction of sp³-hybridized carbons (Fsp3) is 0.500. The molecular weight excluding hydrogens is 384 g/mol. The fourth-order valence-corrected chi connectivity index (χ4v) is 4.69. The Morgan fingerprint density at radius 3 is 2.77 bits per heavy atom. The summed E-state index contributed by atoms with van der Waals surface area (Å²) in [4.78, 5) is 11.5. The first kappa shape index (κ1) is 19.4. The number of aliphatic hydroxyl groups is 1. The van der Waals surface area contributed by atoms with Gasteiger partial charge in [-0.25, -0.2) is 4.98 Å². The number of hydrogen-bond donors (Lipinski definition) is 1. The molecule has 1 aromatic heterocycles. The number of piperazine rings is 1. The van der Waals surface area contributed by atoms with Crippen LogP contribution < -0.4 is 19.1 Å². The molecule has 8 nitrogen and oxygen atoms in total. The summed E-state index contributed by atoms with van der Waals surface area (Å²) < 4.78 is 16.5. The number of ether oxygens (including phenoxy) is 3. The standard InChI is InChI=1S/C22H28N4O4/c1-28-19-10-16(11-20-22(19)30-15-29-20)12-24-13-17(18(27)14-24)25-6-8-26(9-7-25)21-4-2-3-5-23-21/h2-5,10-11,17-18,27H,6-9,12-15H2,1H3/t17-,18-/m0/s1. The molecule has 0 spiro atoms. The summed E-state index contributed by atoms with van der Waals surface area (Å²) in [6.45, 7) is 6.22. The number of anilines is 1. The van der Waals surface area contributed by atoms with Crippen molar-refractivity contribution in [2.24, 2.45) is 0 Å². The Balaban J connectivity index is 1.20. The molecule has 3 aliphatic heterocycles. The van der Waals surface area contributed by atoms with Gasteiger partial charge in [-0.2, -0.15) is 0 Å². The van der Waals surface area contributed by atoms with Gasteiger partial charge in [0.25, 0.3) is 0 Å². The van der Waals surface area contributed by atoms with E-state index in [1.165, 1.54) is 0 Å². The van der Waals surface area contributed by atoms with Gasteiger partial charge in [-0.1, -0.05) is 6.07 Å². The van der Waals surface area contributed by atoms with Crippen LogP contribution in [-0.4, -0.2) is 85.2 Å². The number of methoxy groups -OCH3 is 1. The van der Waals surface area contributed by atoms with Gasteiger partial charge in [-0.3, -0.25) is 9.80 Å². The van der Waals surface area contributed by atoms with Crippen molar-refractivity contribution in [3.05, 3.63) is 42.1 Å². The molecular formula is C22H28N4O4. The molecule has 0 unspecified atom stereocenters. The highest BCUT2D eigenvalue weighted by atomic mass is 16.7. The number of nitrogens with zero attached hydrogens (tertiary/aromatic N) is 4. The highest BCUT2D eigenvalue weighted by molar-refractivity contribution is 5.55. The maximum Gasteiger partial charge on any atom is 0.231 e. The van der Waals surface area contributed by atoms with Gasteiger partial charge in [-0.05, 0) is 29.8 Å². The van der Waals surface area contributed by atoms with Gasteiger partial charge >= 0.3 is 0 Å². The highest BCUT2D eigenvalue weighted by Gasteiger charge is 2.37. The molecule has 0 bridgehead atoms. The van der Waals surface area contributed by atoms with Crippen LogP contribution in [0.2, 0.25) is 0 Å². The Labute approximate surface area is 176 Å². The lowest BCUT2D eigenvalue weighted by Crippen LogP contribution is -2.53. The van der Waals surface area contributed by atoms with Gasteiger partial charge in [0.1, 0.15) is 5.82 Å². The van der Waals surface area contributed by atoms with E-state index in [1.807, 2.05) is 30.5 Å². The van der Waals surface area contributed by atoms with Gasteiger partial charge in [0.05, 0.1) is 13.2 Å². The number of hydrogen-bond acceptors (Lipinski definition) is 8. The maximum atomic E-state index is 10.7. The lowest BCUT2D eigenvalue weighted by molar-refractivity contribution is 0.0790. The molecule has 30 heavy (non-hydrogen) atoms. The summed E-state index contributed by atoms with van der Waals surface area (Å²) in [6.07, 6.45) is 1.49. The zero-order chi connectivity index (χ0) is 20.5. The highest BCUT2D eigenvalue weighted by Crippen LogP contribution is 2.42. The predicted molar refractivity (Wildman–Crippen MR) is 112 cm³/mol. The average molecular weight is 412 g/mol. The summed E-state index contributed by atoms with van der Waals surface area (Å²) in [5.74, 6) is 3.13. The molecule has 4 heterocycles. The van der Waals surface area contributed by atoms with E-state index in [0.29, 0.717) is 18.0 Å². The Bertz CT molecular complexity index is 873. The van der Waals surface area contributed by atoms with Gasteiger partial charge < -0.3 is 24.2 Å². The minimum atomic E-state index is -0.345. The van der Waals surface area contributed by atoms with E-state index in [0.717, 1.165) is 56.4 Å². The Hall–Kier alpha value is -2.55. The summed E-state index contributed by atoms with van der Waals surface area (Å²) in [5, 5.41) is 10.7. The van der Waals surface area contributed by atoms with Crippen molar-refractivity contribution in [3.8, 4) is 17.2 Å². The molecule has 1 N–H and O–H groups in total. The third kappa shape index (κ3) is 3.78. The minimum Gasteiger partial charge on any atom is -0.493 e. The van der Waals surface area contributed by atoms with Crippen molar-refractivity contribution in [2.45, 2.75) is 18.7 Å². The van der Waals surface area contributed by atoms with Crippen LogP contribution in [0.25, 0.3) is 0 Å². The van der Waals surface area contributed by atoms with Crippen LogP contribution in [0.1, 0.15) is 5.56 Å². The topological polar surface area (TPSA) is 70.5 Å². The van der Waals surface area contributed by atoms with Gasteiger partial charge in [0.2, 0.25) is 12.5 Å². The number of rotatable bonds is 5. The number of fused-ring (bicyclic) bond motifs is 1. The minimum absolute atomic E-state index is 0.159. The molecule has 0 radical (unpaired) electrons. The molecule has 0 aliphatic carbocycles. The fourth-order valence-electron chi connectivity index (χ4n) is 4.69. The molecule has 2 saturated heterocycles. The third-order valence-corrected chi connectivity index (χ3v) is 6.22. The van der Waals surface area contributed by atoms with E-state index in [1.54, 1.807) is 7.11 Å². The van der Waals surface area contributed by atoms with Crippen LogP contribution in [0.3, 0.4) is 0 Å². The van der Waals surface area contributed by atoms with E-state index in [4.69, 9.17) is 14.2 Å². The van der Waals surface area contributed by atoms with Crippen LogP contribution in [0.15, 0.2) is 36.5 Å². The molecule has 5 rings (SSSR count). The van der Waals surface area contributed by atoms with Gasteiger partial charge in [0.15, 0.2) is 11.5 Å². The Morgan fingerprint density at radius 1 is 1.13 bits per heavy atom. The lowest BCUT2D eigenvalue weighted by Gasteiger charge is -2.39. The van der Waals surface area contributed by atoms with E-state index in [2.05, 4.69) is 25.8 Å². The Morgan fingerprint density at radius 2 is 2.00 bits per heavy atom. The van der Waals surface area contributed by atoms with Gasteiger partial charge in [-0.15, -0.1) is 0 Å². The summed E-state index contributed by atoms with van der Waals surface area (Å²) >= 11 is 0. The third-order valence-electron chi connectivity index (χ3n) is 6.22. The van der Waals surface area contributed by atoms with Crippen LogP contribution in [0, 0.1) is 0 Å². The normalized spacial score (nSPS) is 24.4. The first-order valence-electron chi connectivity index (χ1n) is 10.5. The second-order valence-electron chi connectivity index (χ2n) is 8.07. The number of aliphatic hydroxyl groups excluding tert-OH is 1. The van der Waals surface area contributed by atoms with Crippen LogP contribution in [-0.2, 0) is 6.54 Å². The van der Waals surface area contributed by atoms with Crippen molar-refractivity contribution < 1.29 is 19.3 Å². The first-order chi connectivity index (χ1) is 14.7. The average Bonchev–Trinajstić information content (AvgIpc) is 3.40. The van der Waals surface area contributed by atoms with Crippen LogP contribution in [0.5, 0.6) is 17.2 Å². The number of benzene rings is 1. The van der Waals surface area contributed by atoms with Crippen molar-refractivity contribution in [1.82, 2.24) is 14.8 Å². The second-order valence-corrected chi connectivity index (χ2v) is 8.07. The first-order valence-corrected chi connectivity index (χ1v) is 10.5. The van der Waals surface area contributed by atoms with Crippen LogP contribution >= 0.6 is 0 Å². The van der Waals surface area contributed by atoms with E-state index >= 15 is 0 Å². The molecule has 3 aliphatic rings. The maximum absolute atomic E-state index is 10.7. The number of likely N-dealkylation sites (tertiary alicyclic amines) is 1. The molecule has 1 aromatic carbocycles. The van der Waals surface area contributed by atoms with Crippen molar-refractivity contribution in [3.63, 3.8) is 0 Å².